The Morgan fingerprint density at radius 3 is 3.00 bits per heavy atom. The quantitative estimate of drug-likeness (QED) is 0.793. The van der Waals surface area contributed by atoms with Crippen LogP contribution in [0.15, 0.2) is 16.9 Å². The summed E-state index contributed by atoms with van der Waals surface area (Å²) in [6.45, 7) is 7.89. The fraction of sp³-hybridized carbons (Fsp3) is 0.647. The molecule has 1 aliphatic rings. The van der Waals surface area contributed by atoms with Gasteiger partial charge >= 0.3 is 0 Å². The standard InChI is InChI=1S/C17H25N5O3/c1-12(2)17-19-15(25-20-17)11-24-14-5-4-7-22(9-14)16(23)10-21-8-6-18-13(21)3/h6,8,12,14H,4-5,7,9-11H2,1-3H3/t14-/m0/s1. The first kappa shape index (κ1) is 17.6. The SMILES string of the molecule is Cc1nccn1CC(=O)N1CCC[C@H](OCc2nc(C(C)C)no2)C1. The molecule has 0 aromatic carbocycles. The highest BCUT2D eigenvalue weighted by molar-refractivity contribution is 5.76. The summed E-state index contributed by atoms with van der Waals surface area (Å²) in [4.78, 5) is 22.8. The van der Waals surface area contributed by atoms with Crippen molar-refractivity contribution in [3.05, 3.63) is 29.9 Å². The van der Waals surface area contributed by atoms with Crippen LogP contribution >= 0.6 is 0 Å². The van der Waals surface area contributed by atoms with Crippen molar-refractivity contribution in [3.8, 4) is 0 Å². The zero-order valence-electron chi connectivity index (χ0n) is 15.0. The van der Waals surface area contributed by atoms with E-state index >= 15 is 0 Å². The molecule has 0 spiro atoms. The molecule has 8 heteroatoms. The second kappa shape index (κ2) is 7.77. The van der Waals surface area contributed by atoms with Crippen LogP contribution in [-0.4, -0.2) is 49.7 Å². The van der Waals surface area contributed by atoms with Gasteiger partial charge in [-0.05, 0) is 19.8 Å². The second-order valence-electron chi connectivity index (χ2n) is 6.72. The Bertz CT molecular complexity index is 709. The molecule has 0 unspecified atom stereocenters. The lowest BCUT2D eigenvalue weighted by molar-refractivity contribution is -0.136. The summed E-state index contributed by atoms with van der Waals surface area (Å²) in [5.41, 5.74) is 0. The largest absolute Gasteiger partial charge is 0.367 e. The monoisotopic (exact) mass is 347 g/mol. The van der Waals surface area contributed by atoms with Crippen molar-refractivity contribution in [1.29, 1.82) is 0 Å². The molecule has 2 aromatic heterocycles. The minimum Gasteiger partial charge on any atom is -0.367 e. The number of likely N-dealkylation sites (tertiary alicyclic amines) is 1. The van der Waals surface area contributed by atoms with Crippen LogP contribution in [0.4, 0.5) is 0 Å². The van der Waals surface area contributed by atoms with Crippen LogP contribution in [0.3, 0.4) is 0 Å². The van der Waals surface area contributed by atoms with Crippen LogP contribution in [0.1, 0.15) is 50.1 Å². The van der Waals surface area contributed by atoms with Gasteiger partial charge in [0.2, 0.25) is 5.91 Å². The number of ether oxygens (including phenoxy) is 1. The molecule has 2 aromatic rings. The molecule has 1 fully saturated rings. The average Bonchev–Trinajstić information content (AvgIpc) is 3.23. The number of imidazole rings is 1. The van der Waals surface area contributed by atoms with Crippen LogP contribution < -0.4 is 0 Å². The lowest BCUT2D eigenvalue weighted by atomic mass is 10.1. The van der Waals surface area contributed by atoms with Crippen molar-refractivity contribution in [2.45, 2.75) is 58.8 Å². The van der Waals surface area contributed by atoms with E-state index < -0.39 is 0 Å². The molecule has 0 N–H and O–H groups in total. The molecule has 3 rings (SSSR count). The molecule has 0 bridgehead atoms. The van der Waals surface area contributed by atoms with E-state index in [1.165, 1.54) is 0 Å². The second-order valence-corrected chi connectivity index (χ2v) is 6.72. The number of piperidine rings is 1. The predicted octanol–water partition coefficient (Wildman–Crippen LogP) is 1.91. The molecule has 3 heterocycles. The third-order valence-corrected chi connectivity index (χ3v) is 4.40. The van der Waals surface area contributed by atoms with Crippen LogP contribution in [0.25, 0.3) is 0 Å². The fourth-order valence-corrected chi connectivity index (χ4v) is 2.87. The lowest BCUT2D eigenvalue weighted by Gasteiger charge is -2.32. The van der Waals surface area contributed by atoms with Gasteiger partial charge in [0.1, 0.15) is 19.0 Å². The molecule has 25 heavy (non-hydrogen) atoms. The molecular weight excluding hydrogens is 322 g/mol. The van der Waals surface area contributed by atoms with Crippen molar-refractivity contribution >= 4 is 5.91 Å². The van der Waals surface area contributed by atoms with E-state index in [-0.39, 0.29) is 24.5 Å². The van der Waals surface area contributed by atoms with E-state index in [0.29, 0.717) is 24.8 Å². The maximum atomic E-state index is 12.5. The van der Waals surface area contributed by atoms with Gasteiger partial charge in [0.25, 0.3) is 5.89 Å². The molecule has 136 valence electrons. The summed E-state index contributed by atoms with van der Waals surface area (Å²) in [6.07, 6.45) is 5.39. The van der Waals surface area contributed by atoms with E-state index in [0.717, 1.165) is 25.2 Å². The van der Waals surface area contributed by atoms with Crippen molar-refractivity contribution < 1.29 is 14.1 Å². The number of rotatable bonds is 6. The van der Waals surface area contributed by atoms with Crippen LogP contribution in [0, 0.1) is 6.92 Å². The normalized spacial score (nSPS) is 18.1. The zero-order chi connectivity index (χ0) is 17.8. The number of aryl methyl sites for hydroxylation is 1. The van der Waals surface area contributed by atoms with Gasteiger partial charge in [-0.2, -0.15) is 4.98 Å². The first-order chi connectivity index (χ1) is 12.0. The summed E-state index contributed by atoms with van der Waals surface area (Å²) < 4.78 is 12.9. The molecule has 8 nitrogen and oxygen atoms in total. The van der Waals surface area contributed by atoms with Gasteiger partial charge in [0.15, 0.2) is 5.82 Å². The Morgan fingerprint density at radius 2 is 2.32 bits per heavy atom. The average molecular weight is 347 g/mol. The summed E-state index contributed by atoms with van der Waals surface area (Å²) >= 11 is 0. The smallest absolute Gasteiger partial charge is 0.252 e. The van der Waals surface area contributed by atoms with E-state index in [9.17, 15) is 4.79 Å². The van der Waals surface area contributed by atoms with Gasteiger partial charge in [0, 0.05) is 31.4 Å². The number of carbonyl (C=O) groups is 1. The Hall–Kier alpha value is -2.22. The van der Waals surface area contributed by atoms with Crippen LogP contribution in [0.2, 0.25) is 0 Å². The number of hydrogen-bond acceptors (Lipinski definition) is 6. The van der Waals surface area contributed by atoms with E-state index in [2.05, 4.69) is 15.1 Å². The lowest BCUT2D eigenvalue weighted by Crippen LogP contribution is -2.44. The molecule has 1 atom stereocenters. The first-order valence-corrected chi connectivity index (χ1v) is 8.72. The number of aromatic nitrogens is 4. The van der Waals surface area contributed by atoms with E-state index in [1.54, 1.807) is 6.20 Å². The molecule has 0 aliphatic carbocycles. The topological polar surface area (TPSA) is 86.3 Å². The van der Waals surface area contributed by atoms with E-state index in [4.69, 9.17) is 9.26 Å². The highest BCUT2D eigenvalue weighted by Gasteiger charge is 2.25. The van der Waals surface area contributed by atoms with Gasteiger partial charge in [-0.25, -0.2) is 4.98 Å². The van der Waals surface area contributed by atoms with Crippen molar-refractivity contribution in [2.24, 2.45) is 0 Å². The molecule has 1 aliphatic heterocycles. The summed E-state index contributed by atoms with van der Waals surface area (Å²) in [6, 6.07) is 0. The summed E-state index contributed by atoms with van der Waals surface area (Å²) in [5.74, 6) is 2.34. The molecule has 1 amide bonds. The Labute approximate surface area is 147 Å². The third kappa shape index (κ3) is 4.45. The van der Waals surface area contributed by atoms with Gasteiger partial charge in [-0.3, -0.25) is 4.79 Å². The highest BCUT2D eigenvalue weighted by Crippen LogP contribution is 2.16. The van der Waals surface area contributed by atoms with Crippen molar-refractivity contribution in [3.63, 3.8) is 0 Å². The molecular formula is C17H25N5O3. The minimum absolute atomic E-state index is 0.00372. The fourth-order valence-electron chi connectivity index (χ4n) is 2.87. The van der Waals surface area contributed by atoms with Crippen molar-refractivity contribution in [1.82, 2.24) is 24.6 Å². The van der Waals surface area contributed by atoms with Crippen LogP contribution in [0.5, 0.6) is 0 Å². The van der Waals surface area contributed by atoms with Crippen LogP contribution in [-0.2, 0) is 22.7 Å². The molecule has 0 saturated carbocycles. The van der Waals surface area contributed by atoms with Gasteiger partial charge in [-0.1, -0.05) is 19.0 Å². The van der Waals surface area contributed by atoms with Gasteiger partial charge < -0.3 is 18.7 Å². The number of amides is 1. The van der Waals surface area contributed by atoms with E-state index in [1.807, 2.05) is 36.4 Å². The number of carbonyl (C=O) groups excluding carboxylic acids is 1. The summed E-state index contributed by atoms with van der Waals surface area (Å²) in [7, 11) is 0. The maximum Gasteiger partial charge on any atom is 0.252 e. The van der Waals surface area contributed by atoms with Crippen molar-refractivity contribution in [2.75, 3.05) is 13.1 Å². The van der Waals surface area contributed by atoms with Gasteiger partial charge in [0.05, 0.1) is 6.10 Å². The third-order valence-electron chi connectivity index (χ3n) is 4.40. The Kier molecular flexibility index (Phi) is 5.47. The molecule has 1 saturated heterocycles. The minimum atomic E-state index is -0.00372. The molecule has 0 radical (unpaired) electrons. The first-order valence-electron chi connectivity index (χ1n) is 8.72. The highest BCUT2D eigenvalue weighted by atomic mass is 16.5. The Morgan fingerprint density at radius 1 is 1.48 bits per heavy atom. The number of hydrogen-bond donors (Lipinski definition) is 0. The summed E-state index contributed by atoms with van der Waals surface area (Å²) in [5, 5.41) is 3.93. The van der Waals surface area contributed by atoms with Gasteiger partial charge in [-0.15, -0.1) is 0 Å². The Balaban J connectivity index is 1.50. The maximum absolute atomic E-state index is 12.5. The predicted molar refractivity (Wildman–Crippen MR) is 89.7 cm³/mol. The number of nitrogens with zero attached hydrogens (tertiary/aromatic N) is 5. The zero-order valence-corrected chi connectivity index (χ0v) is 15.0.